The molecule has 5 heteroatoms. The first-order valence-electron chi connectivity index (χ1n) is 7.99. The van der Waals surface area contributed by atoms with Gasteiger partial charge in [0.1, 0.15) is 5.75 Å². The number of carbonyl (C=O) groups is 2. The topological polar surface area (TPSA) is 86.6 Å². The van der Waals surface area contributed by atoms with Crippen molar-refractivity contribution in [2.45, 2.75) is 6.92 Å². The van der Waals surface area contributed by atoms with E-state index in [0.29, 0.717) is 5.69 Å². The highest BCUT2D eigenvalue weighted by atomic mass is 16.4. The highest BCUT2D eigenvalue weighted by Crippen LogP contribution is 2.27. The average Bonchev–Trinajstić information content (AvgIpc) is 2.61. The van der Waals surface area contributed by atoms with Crippen molar-refractivity contribution in [1.29, 1.82) is 0 Å². The summed E-state index contributed by atoms with van der Waals surface area (Å²) < 4.78 is 0. The van der Waals surface area contributed by atoms with Crippen molar-refractivity contribution in [3.63, 3.8) is 0 Å². The van der Waals surface area contributed by atoms with E-state index in [1.807, 2.05) is 31.2 Å². The molecule has 0 saturated heterocycles. The summed E-state index contributed by atoms with van der Waals surface area (Å²) in [5.41, 5.74) is 2.56. The molecule has 0 fully saturated rings. The van der Waals surface area contributed by atoms with E-state index in [1.165, 1.54) is 24.3 Å². The Morgan fingerprint density at radius 3 is 2.15 bits per heavy atom. The number of rotatable bonds is 5. The lowest BCUT2D eigenvalue weighted by molar-refractivity contribution is 0.0692. The zero-order valence-corrected chi connectivity index (χ0v) is 14.1. The quantitative estimate of drug-likeness (QED) is 0.597. The Balaban J connectivity index is 1.91. The molecule has 0 aliphatic heterocycles. The number of hydrogen-bond donors (Lipinski definition) is 3. The van der Waals surface area contributed by atoms with E-state index in [1.54, 1.807) is 18.2 Å². The third-order valence-electron chi connectivity index (χ3n) is 3.95. The molecule has 130 valence electrons. The first-order chi connectivity index (χ1) is 12.5. The maximum absolute atomic E-state index is 12.7. The van der Waals surface area contributed by atoms with E-state index in [4.69, 9.17) is 0 Å². The van der Waals surface area contributed by atoms with Gasteiger partial charge in [0.25, 0.3) is 0 Å². The molecule has 0 aliphatic rings. The molecule has 3 rings (SSSR count). The van der Waals surface area contributed by atoms with Crippen molar-refractivity contribution in [2.75, 3.05) is 5.32 Å². The van der Waals surface area contributed by atoms with Crippen LogP contribution in [0.1, 0.15) is 31.8 Å². The Hall–Kier alpha value is -3.60. The van der Waals surface area contributed by atoms with Crippen molar-refractivity contribution >= 4 is 23.1 Å². The molecule has 0 atom stereocenters. The van der Waals surface area contributed by atoms with Crippen LogP contribution in [0, 0.1) is 6.92 Å². The van der Waals surface area contributed by atoms with Crippen molar-refractivity contribution in [1.82, 2.24) is 0 Å². The second kappa shape index (κ2) is 7.11. The number of hydrogen-bond acceptors (Lipinski definition) is 4. The van der Waals surface area contributed by atoms with Crippen molar-refractivity contribution in [2.24, 2.45) is 0 Å². The van der Waals surface area contributed by atoms with Gasteiger partial charge in [0.15, 0.2) is 5.78 Å². The van der Waals surface area contributed by atoms with Gasteiger partial charge in [-0.15, -0.1) is 0 Å². The predicted molar refractivity (Wildman–Crippen MR) is 99.4 cm³/mol. The van der Waals surface area contributed by atoms with Gasteiger partial charge in [-0.2, -0.15) is 0 Å². The predicted octanol–water partition coefficient (Wildman–Crippen LogP) is 4.37. The van der Waals surface area contributed by atoms with Crippen LogP contribution in [0.2, 0.25) is 0 Å². The fourth-order valence-corrected chi connectivity index (χ4v) is 2.70. The molecule has 0 amide bonds. The minimum Gasteiger partial charge on any atom is -0.507 e. The van der Waals surface area contributed by atoms with E-state index in [-0.39, 0.29) is 22.4 Å². The second-order valence-electron chi connectivity index (χ2n) is 5.91. The number of aromatic hydroxyl groups is 1. The van der Waals surface area contributed by atoms with Crippen LogP contribution in [0.25, 0.3) is 0 Å². The lowest BCUT2D eigenvalue weighted by atomic mass is 9.97. The van der Waals surface area contributed by atoms with Crippen molar-refractivity contribution in [3.8, 4) is 5.75 Å². The summed E-state index contributed by atoms with van der Waals surface area (Å²) in [4.78, 5) is 24.0. The van der Waals surface area contributed by atoms with Gasteiger partial charge in [0.2, 0.25) is 0 Å². The normalized spacial score (nSPS) is 10.3. The molecular weight excluding hydrogens is 330 g/mol. The summed E-state index contributed by atoms with van der Waals surface area (Å²) in [6.45, 7) is 1.98. The Bertz CT molecular complexity index is 995. The van der Waals surface area contributed by atoms with Crippen LogP contribution in [0.3, 0.4) is 0 Å². The Morgan fingerprint density at radius 1 is 0.808 bits per heavy atom. The molecule has 5 nitrogen and oxygen atoms in total. The maximum atomic E-state index is 12.7. The molecule has 3 aromatic rings. The van der Waals surface area contributed by atoms with Gasteiger partial charge < -0.3 is 15.5 Å². The number of benzene rings is 3. The number of phenolic OH excluding ortho intramolecular Hbond substituents is 1. The summed E-state index contributed by atoms with van der Waals surface area (Å²) in [7, 11) is 0. The molecule has 0 heterocycles. The molecule has 0 aromatic heterocycles. The van der Waals surface area contributed by atoms with Crippen molar-refractivity contribution in [3.05, 3.63) is 89.0 Å². The molecule has 0 bridgehead atoms. The fourth-order valence-electron chi connectivity index (χ4n) is 2.70. The minimum atomic E-state index is -1.19. The van der Waals surface area contributed by atoms with E-state index in [0.717, 1.165) is 11.3 Å². The number of carboxylic acid groups (broad SMARTS) is 1. The lowest BCUT2D eigenvalue weighted by Gasteiger charge is -2.11. The number of aromatic carboxylic acids is 1. The zero-order valence-electron chi connectivity index (χ0n) is 14.1. The molecule has 0 spiro atoms. The van der Waals surface area contributed by atoms with E-state index in [9.17, 15) is 19.8 Å². The van der Waals surface area contributed by atoms with Crippen LogP contribution in [0.5, 0.6) is 5.75 Å². The highest BCUT2D eigenvalue weighted by Gasteiger charge is 2.20. The van der Waals surface area contributed by atoms with Gasteiger partial charge in [-0.25, -0.2) is 4.79 Å². The van der Waals surface area contributed by atoms with Crippen LogP contribution in [0.4, 0.5) is 11.4 Å². The molecule has 0 radical (unpaired) electrons. The molecule has 0 unspecified atom stereocenters. The SMILES string of the molecule is Cc1cccc(Nc2ccc(C(=O)c3ccccc3C(=O)O)c(O)c2)c1. The number of ketones is 1. The summed E-state index contributed by atoms with van der Waals surface area (Å²) in [5.74, 6) is -1.94. The Labute approximate surface area is 150 Å². The molecule has 3 N–H and O–H groups in total. The third-order valence-corrected chi connectivity index (χ3v) is 3.95. The van der Waals surface area contributed by atoms with Gasteiger partial charge in [0.05, 0.1) is 11.1 Å². The summed E-state index contributed by atoms with van der Waals surface area (Å²) in [5, 5.41) is 22.7. The fraction of sp³-hybridized carbons (Fsp3) is 0.0476. The number of carboxylic acids is 1. The number of carbonyl (C=O) groups excluding carboxylic acids is 1. The number of anilines is 2. The Morgan fingerprint density at radius 2 is 1.50 bits per heavy atom. The first-order valence-corrected chi connectivity index (χ1v) is 7.99. The standard InChI is InChI=1S/C21H17NO4/c1-13-5-4-6-14(11-13)22-15-9-10-18(19(23)12-15)20(24)16-7-2-3-8-17(16)21(25)26/h2-12,22-23H,1H3,(H,25,26). The largest absolute Gasteiger partial charge is 0.507 e. The van der Waals surface area contributed by atoms with Crippen molar-refractivity contribution < 1.29 is 19.8 Å². The monoisotopic (exact) mass is 347 g/mol. The van der Waals surface area contributed by atoms with Crippen LogP contribution >= 0.6 is 0 Å². The zero-order chi connectivity index (χ0) is 18.7. The minimum absolute atomic E-state index is 0.0368. The number of aryl methyl sites for hydroxylation is 1. The average molecular weight is 347 g/mol. The van der Waals surface area contributed by atoms with Gasteiger partial charge in [-0.1, -0.05) is 30.3 Å². The van der Waals surface area contributed by atoms with Gasteiger partial charge in [-0.3, -0.25) is 4.79 Å². The molecule has 0 aliphatic carbocycles. The first kappa shape index (κ1) is 17.2. The third kappa shape index (κ3) is 3.57. The summed E-state index contributed by atoms with van der Waals surface area (Å²) >= 11 is 0. The maximum Gasteiger partial charge on any atom is 0.336 e. The molecule has 3 aromatic carbocycles. The number of phenols is 1. The van der Waals surface area contributed by atoms with Gasteiger partial charge >= 0.3 is 5.97 Å². The van der Waals surface area contributed by atoms with E-state index < -0.39 is 11.8 Å². The summed E-state index contributed by atoms with van der Waals surface area (Å²) in [6.07, 6.45) is 0. The van der Waals surface area contributed by atoms with E-state index >= 15 is 0 Å². The Kier molecular flexibility index (Phi) is 4.71. The second-order valence-corrected chi connectivity index (χ2v) is 5.91. The molecule has 26 heavy (non-hydrogen) atoms. The highest BCUT2D eigenvalue weighted by molar-refractivity contribution is 6.15. The number of nitrogens with one attached hydrogen (secondary N) is 1. The van der Waals surface area contributed by atoms with Gasteiger partial charge in [0, 0.05) is 23.0 Å². The van der Waals surface area contributed by atoms with Gasteiger partial charge in [-0.05, 0) is 42.8 Å². The van der Waals surface area contributed by atoms with E-state index in [2.05, 4.69) is 5.32 Å². The molecule has 0 saturated carbocycles. The van der Waals surface area contributed by atoms with Crippen LogP contribution < -0.4 is 5.32 Å². The lowest BCUT2D eigenvalue weighted by Crippen LogP contribution is -2.09. The van der Waals surface area contributed by atoms with Crippen LogP contribution in [-0.4, -0.2) is 22.0 Å². The van der Waals surface area contributed by atoms with Crippen LogP contribution in [-0.2, 0) is 0 Å². The summed E-state index contributed by atoms with van der Waals surface area (Å²) in [6, 6.07) is 18.3. The van der Waals surface area contributed by atoms with Crippen LogP contribution in [0.15, 0.2) is 66.7 Å². The molecular formula is C21H17NO4. The smallest absolute Gasteiger partial charge is 0.336 e.